The third-order valence-corrected chi connectivity index (χ3v) is 10.3. The Hall–Kier alpha value is -3.90. The summed E-state index contributed by atoms with van der Waals surface area (Å²) in [5.41, 5.74) is 2.72. The SMILES string of the molecule is CCN1CC(CN2CCc3nccc(OC4CC5(C4)CN(c4ncnnc4Oc4ccc(F)cc4C(=O)N(CC)C(C)C)C5)c3C2)C1. The maximum absolute atomic E-state index is 14.3. The summed E-state index contributed by atoms with van der Waals surface area (Å²) in [5, 5.41) is 8.15. The highest BCUT2D eigenvalue weighted by molar-refractivity contribution is 5.97. The van der Waals surface area contributed by atoms with Gasteiger partial charge in [-0.3, -0.25) is 14.7 Å². The lowest BCUT2D eigenvalue weighted by Crippen LogP contribution is -2.65. The van der Waals surface area contributed by atoms with Crippen molar-refractivity contribution >= 4 is 11.7 Å². The average Bonchev–Trinajstić information content (AvgIpc) is 3.00. The number of fused-ring (bicyclic) bond motifs is 1. The van der Waals surface area contributed by atoms with Gasteiger partial charge in [-0.25, -0.2) is 9.37 Å². The number of aromatic nitrogens is 4. The molecular formula is C35H45FN8O3. The zero-order valence-electron chi connectivity index (χ0n) is 27.9. The minimum Gasteiger partial charge on any atom is -0.490 e. The Kier molecular flexibility index (Phi) is 8.73. The minimum absolute atomic E-state index is 0.0483. The number of amides is 1. The molecule has 3 aromatic rings. The molecule has 3 fully saturated rings. The van der Waals surface area contributed by atoms with Crippen LogP contribution in [0.25, 0.3) is 0 Å². The number of halogens is 1. The van der Waals surface area contributed by atoms with Crippen LogP contribution in [0.4, 0.5) is 10.2 Å². The molecule has 2 saturated heterocycles. The van der Waals surface area contributed by atoms with E-state index in [-0.39, 0.29) is 40.7 Å². The first-order valence-electron chi connectivity index (χ1n) is 17.0. The Morgan fingerprint density at radius 2 is 1.91 bits per heavy atom. The third kappa shape index (κ3) is 6.37. The number of pyridine rings is 1. The number of rotatable bonds is 11. The van der Waals surface area contributed by atoms with Crippen molar-refractivity contribution < 1.29 is 18.7 Å². The topological polar surface area (TPSA) is 100 Å². The van der Waals surface area contributed by atoms with Crippen molar-refractivity contribution in [3.63, 3.8) is 0 Å². The fourth-order valence-electron chi connectivity index (χ4n) is 7.79. The summed E-state index contributed by atoms with van der Waals surface area (Å²) < 4.78 is 27.0. The largest absolute Gasteiger partial charge is 0.490 e. The second kappa shape index (κ2) is 13.0. The summed E-state index contributed by atoms with van der Waals surface area (Å²) in [5.74, 6) is 1.92. The Morgan fingerprint density at radius 3 is 2.66 bits per heavy atom. The van der Waals surface area contributed by atoms with Gasteiger partial charge < -0.3 is 24.2 Å². The molecule has 4 aliphatic rings. The van der Waals surface area contributed by atoms with E-state index in [1.165, 1.54) is 48.9 Å². The lowest BCUT2D eigenvalue weighted by atomic mass is 9.61. The Morgan fingerprint density at radius 1 is 1.11 bits per heavy atom. The maximum Gasteiger partial charge on any atom is 0.282 e. The minimum atomic E-state index is -0.508. The predicted molar refractivity (Wildman–Crippen MR) is 175 cm³/mol. The first kappa shape index (κ1) is 31.7. The van der Waals surface area contributed by atoms with Gasteiger partial charge in [0, 0.05) is 87.7 Å². The monoisotopic (exact) mass is 644 g/mol. The predicted octanol–water partition coefficient (Wildman–Crippen LogP) is 4.43. The molecule has 0 atom stereocenters. The van der Waals surface area contributed by atoms with Crippen molar-refractivity contribution in [2.75, 3.05) is 57.3 Å². The van der Waals surface area contributed by atoms with E-state index < -0.39 is 5.82 Å². The van der Waals surface area contributed by atoms with Crippen LogP contribution in [0.5, 0.6) is 17.4 Å². The van der Waals surface area contributed by atoms with Crippen LogP contribution in [0.2, 0.25) is 0 Å². The maximum atomic E-state index is 14.3. The quantitative estimate of drug-likeness (QED) is 0.298. The number of carbonyl (C=O) groups excluding carboxylic acids is 1. The summed E-state index contributed by atoms with van der Waals surface area (Å²) in [7, 11) is 0. The van der Waals surface area contributed by atoms with Gasteiger partial charge in [-0.2, -0.15) is 0 Å². The summed E-state index contributed by atoms with van der Waals surface area (Å²) >= 11 is 0. The van der Waals surface area contributed by atoms with Crippen LogP contribution < -0.4 is 14.4 Å². The highest BCUT2D eigenvalue weighted by Gasteiger charge is 2.54. The van der Waals surface area contributed by atoms with Crippen LogP contribution >= 0.6 is 0 Å². The first-order valence-corrected chi connectivity index (χ1v) is 17.0. The number of hydrogen-bond acceptors (Lipinski definition) is 10. The van der Waals surface area contributed by atoms with Crippen LogP contribution in [0.3, 0.4) is 0 Å². The molecule has 5 heterocycles. The van der Waals surface area contributed by atoms with Crippen molar-refractivity contribution in [3.05, 3.63) is 59.4 Å². The number of ether oxygens (including phenoxy) is 2. The van der Waals surface area contributed by atoms with Gasteiger partial charge in [0.2, 0.25) is 0 Å². The molecule has 47 heavy (non-hydrogen) atoms. The number of benzene rings is 1. The molecular weight excluding hydrogens is 599 g/mol. The highest BCUT2D eigenvalue weighted by atomic mass is 19.1. The van der Waals surface area contributed by atoms with E-state index in [9.17, 15) is 9.18 Å². The number of nitrogens with zero attached hydrogens (tertiary/aromatic N) is 8. The van der Waals surface area contributed by atoms with Crippen molar-refractivity contribution in [2.24, 2.45) is 11.3 Å². The molecule has 2 aromatic heterocycles. The van der Waals surface area contributed by atoms with Gasteiger partial charge in [-0.15, -0.1) is 10.2 Å². The molecule has 1 spiro atoms. The molecule has 0 bridgehead atoms. The summed E-state index contributed by atoms with van der Waals surface area (Å²) in [6.07, 6.45) is 6.35. The lowest BCUT2D eigenvalue weighted by molar-refractivity contribution is -0.0354. The molecule has 1 aliphatic carbocycles. The fraction of sp³-hybridized carbons (Fsp3) is 0.571. The first-order chi connectivity index (χ1) is 22.7. The van der Waals surface area contributed by atoms with Crippen LogP contribution in [0.1, 0.15) is 62.2 Å². The summed E-state index contributed by atoms with van der Waals surface area (Å²) in [4.78, 5) is 31.4. The standard InChI is InChI=1S/C35H45FN8O3/c1-5-41-16-24(17-41)18-42-12-10-29-28(19-42)31(9-11-37-29)46-26-14-35(15-26)20-43(21-35)32-33(40-39-22-38-32)47-30-8-7-25(36)13-27(30)34(45)44(6-2)23(3)4/h7-9,11,13,22-24,26H,5-6,10,12,14-21H2,1-4H3. The summed E-state index contributed by atoms with van der Waals surface area (Å²) in [6.45, 7) is 16.7. The van der Waals surface area contributed by atoms with Crippen molar-refractivity contribution in [2.45, 2.75) is 65.6 Å². The Balaban J connectivity index is 0.972. The number of carbonyl (C=O) groups is 1. The number of likely N-dealkylation sites (tertiary alicyclic amines) is 1. The van der Waals surface area contributed by atoms with Crippen LogP contribution in [-0.2, 0) is 13.0 Å². The van der Waals surface area contributed by atoms with Gasteiger partial charge >= 0.3 is 0 Å². The molecule has 1 aromatic carbocycles. The molecule has 0 radical (unpaired) electrons. The Bertz CT molecular complexity index is 1600. The van der Waals surface area contributed by atoms with E-state index in [1.807, 2.05) is 33.0 Å². The molecule has 0 unspecified atom stereocenters. The van der Waals surface area contributed by atoms with Gasteiger partial charge in [0.1, 0.15) is 29.7 Å². The van der Waals surface area contributed by atoms with Gasteiger partial charge in [0.15, 0.2) is 5.82 Å². The molecule has 7 rings (SSSR count). The van der Waals surface area contributed by atoms with E-state index >= 15 is 0 Å². The van der Waals surface area contributed by atoms with Gasteiger partial charge in [-0.05, 0) is 70.3 Å². The fourth-order valence-corrected chi connectivity index (χ4v) is 7.79. The van der Waals surface area contributed by atoms with Crippen LogP contribution in [-0.4, -0.2) is 105 Å². The van der Waals surface area contributed by atoms with Crippen molar-refractivity contribution in [3.8, 4) is 17.4 Å². The molecule has 250 valence electrons. The van der Waals surface area contributed by atoms with Gasteiger partial charge in [-0.1, -0.05) is 6.92 Å². The zero-order chi connectivity index (χ0) is 32.7. The van der Waals surface area contributed by atoms with E-state index in [1.54, 1.807) is 4.90 Å². The number of anilines is 1. The normalized spacial score (nSPS) is 19.6. The van der Waals surface area contributed by atoms with Crippen LogP contribution in [0.15, 0.2) is 36.8 Å². The zero-order valence-corrected chi connectivity index (χ0v) is 27.9. The second-order valence-corrected chi connectivity index (χ2v) is 14.0. The smallest absolute Gasteiger partial charge is 0.282 e. The van der Waals surface area contributed by atoms with Crippen LogP contribution in [0, 0.1) is 17.2 Å². The van der Waals surface area contributed by atoms with Gasteiger partial charge in [0.25, 0.3) is 11.8 Å². The van der Waals surface area contributed by atoms with Crippen molar-refractivity contribution in [1.82, 2.24) is 34.9 Å². The average molecular weight is 645 g/mol. The van der Waals surface area contributed by atoms with Gasteiger partial charge in [0.05, 0.1) is 5.56 Å². The highest BCUT2D eigenvalue weighted by Crippen LogP contribution is 2.52. The van der Waals surface area contributed by atoms with Crippen molar-refractivity contribution in [1.29, 1.82) is 0 Å². The molecule has 11 nitrogen and oxygen atoms in total. The number of hydrogen-bond donors (Lipinski definition) is 0. The molecule has 3 aliphatic heterocycles. The third-order valence-electron chi connectivity index (χ3n) is 10.3. The molecule has 12 heteroatoms. The van der Waals surface area contributed by atoms with E-state index in [0.29, 0.717) is 12.4 Å². The van der Waals surface area contributed by atoms with E-state index in [2.05, 4.69) is 36.8 Å². The lowest BCUT2D eigenvalue weighted by Gasteiger charge is -2.58. The second-order valence-electron chi connectivity index (χ2n) is 14.0. The van der Waals surface area contributed by atoms with E-state index in [0.717, 1.165) is 70.2 Å². The molecule has 0 N–H and O–H groups in total. The van der Waals surface area contributed by atoms with E-state index in [4.69, 9.17) is 14.5 Å². The molecule has 1 amide bonds. The summed E-state index contributed by atoms with van der Waals surface area (Å²) in [6, 6.07) is 5.94. The molecule has 1 saturated carbocycles. The Labute approximate surface area is 276 Å².